The molecule has 4 N–H and O–H groups in total. The highest BCUT2D eigenvalue weighted by atomic mass is 35.5. The number of anilines is 2. The van der Waals surface area contributed by atoms with Crippen LogP contribution >= 0.6 is 23.4 Å². The quantitative estimate of drug-likeness (QED) is 0.0831. The van der Waals surface area contributed by atoms with E-state index < -0.39 is 0 Å². The zero-order valence-electron chi connectivity index (χ0n) is 20.4. The van der Waals surface area contributed by atoms with Crippen molar-refractivity contribution in [1.29, 1.82) is 0 Å². The molecule has 6 nitrogen and oxygen atoms in total. The Kier molecular flexibility index (Phi) is 9.08. The maximum Gasteiger partial charge on any atom is 0.132 e. The molecule has 0 bridgehead atoms. The minimum Gasteiger partial charge on any atom is -0.457 e. The van der Waals surface area contributed by atoms with Crippen molar-refractivity contribution in [3.05, 3.63) is 119 Å². The van der Waals surface area contributed by atoms with Crippen LogP contribution in [0, 0.1) is 0 Å². The summed E-state index contributed by atoms with van der Waals surface area (Å²) in [6, 6.07) is 26.7. The van der Waals surface area contributed by atoms with Crippen LogP contribution in [0.25, 0.3) is 5.70 Å². The van der Waals surface area contributed by atoms with Crippen molar-refractivity contribution in [2.75, 3.05) is 29.2 Å². The van der Waals surface area contributed by atoms with Crippen LogP contribution in [0.2, 0.25) is 5.02 Å². The summed E-state index contributed by atoms with van der Waals surface area (Å²) >= 11 is 7.84. The molecule has 0 radical (unpaired) electrons. The summed E-state index contributed by atoms with van der Waals surface area (Å²) in [5.41, 5.74) is 4.86. The van der Waals surface area contributed by atoms with E-state index in [1.165, 1.54) is 0 Å². The third-order valence-corrected chi connectivity index (χ3v) is 6.35. The fourth-order valence-corrected chi connectivity index (χ4v) is 4.13. The topological polar surface area (TPSA) is 84.6 Å². The van der Waals surface area contributed by atoms with Gasteiger partial charge in [0.1, 0.15) is 17.3 Å². The van der Waals surface area contributed by atoms with Crippen molar-refractivity contribution in [2.45, 2.75) is 0 Å². The zero-order chi connectivity index (χ0) is 26.0. The van der Waals surface area contributed by atoms with E-state index in [1.807, 2.05) is 84.9 Å². The second-order valence-electron chi connectivity index (χ2n) is 8.06. The number of hydrazone groups is 1. The Morgan fingerprint density at radius 3 is 2.43 bits per heavy atom. The molecule has 0 saturated carbocycles. The summed E-state index contributed by atoms with van der Waals surface area (Å²) in [7, 11) is 0. The second kappa shape index (κ2) is 12.9. The van der Waals surface area contributed by atoms with Gasteiger partial charge in [-0.2, -0.15) is 16.9 Å². The van der Waals surface area contributed by atoms with Crippen molar-refractivity contribution in [3.8, 4) is 11.5 Å². The molecule has 0 spiro atoms. The minimum absolute atomic E-state index is 0.652. The number of nitrogens with one attached hydrogen (secondary N) is 2. The summed E-state index contributed by atoms with van der Waals surface area (Å²) in [6.07, 6.45) is 3.81. The Balaban J connectivity index is 1.45. The van der Waals surface area contributed by atoms with Crippen LogP contribution in [0.4, 0.5) is 11.5 Å². The van der Waals surface area contributed by atoms with Crippen LogP contribution in [-0.2, 0) is 0 Å². The summed E-state index contributed by atoms with van der Waals surface area (Å²) in [5.74, 6) is 9.04. The molecule has 4 rings (SSSR count). The van der Waals surface area contributed by atoms with Crippen molar-refractivity contribution < 1.29 is 4.74 Å². The molecule has 8 heteroatoms. The van der Waals surface area contributed by atoms with E-state index in [9.17, 15) is 0 Å². The Hall–Kier alpha value is -3.94. The van der Waals surface area contributed by atoms with Gasteiger partial charge in [0.2, 0.25) is 0 Å². The fraction of sp³-hybridized carbons (Fsp3) is 0.103. The van der Waals surface area contributed by atoms with Crippen LogP contribution in [0.3, 0.4) is 0 Å². The highest BCUT2D eigenvalue weighted by Gasteiger charge is 2.14. The van der Waals surface area contributed by atoms with Crippen LogP contribution in [0.1, 0.15) is 16.7 Å². The first kappa shape index (κ1) is 26.1. The molecule has 1 heterocycles. The number of halogens is 1. The van der Waals surface area contributed by atoms with Gasteiger partial charge in [-0.15, -0.1) is 0 Å². The van der Waals surface area contributed by atoms with Gasteiger partial charge in [-0.25, -0.2) is 4.98 Å². The molecule has 4 aromatic rings. The van der Waals surface area contributed by atoms with Crippen LogP contribution < -0.4 is 21.2 Å². The number of benzene rings is 3. The average molecular weight is 530 g/mol. The predicted octanol–water partition coefficient (Wildman–Crippen LogP) is 7.10. The van der Waals surface area contributed by atoms with Crippen molar-refractivity contribution in [2.24, 2.45) is 10.9 Å². The van der Waals surface area contributed by atoms with E-state index in [0.717, 1.165) is 57.7 Å². The summed E-state index contributed by atoms with van der Waals surface area (Å²) in [4.78, 5) is 4.33. The number of hydrogen-bond acceptors (Lipinski definition) is 7. The summed E-state index contributed by atoms with van der Waals surface area (Å²) in [5, 5.41) is 11.4. The van der Waals surface area contributed by atoms with Crippen LogP contribution in [0.15, 0.2) is 103 Å². The zero-order valence-corrected chi connectivity index (χ0v) is 22.0. The molecule has 0 aliphatic rings. The molecule has 0 atom stereocenters. The standard InChI is InChI=1S/C29H28ClN5OS/c1-20(26-5-3-4-6-27(26)29(35-31)21-7-9-22(30)10-8-21)34-23-11-13-24(14-12-23)36-25-15-16-32-28(19-25)33-17-18-37-2/h3-16,19,34H,1,17-18,31H2,2H3,(H,32,33)/b35-29-. The minimum atomic E-state index is 0.652. The predicted molar refractivity (Wildman–Crippen MR) is 158 cm³/mol. The third-order valence-electron chi connectivity index (χ3n) is 5.48. The lowest BCUT2D eigenvalue weighted by atomic mass is 9.96. The number of nitrogens with two attached hydrogens (primary N) is 1. The first-order valence-electron chi connectivity index (χ1n) is 11.6. The van der Waals surface area contributed by atoms with E-state index in [0.29, 0.717) is 10.7 Å². The third kappa shape index (κ3) is 7.06. The second-order valence-corrected chi connectivity index (χ2v) is 9.48. The number of nitrogens with zero attached hydrogens (tertiary/aromatic N) is 2. The van der Waals surface area contributed by atoms with Gasteiger partial charge in [0, 0.05) is 57.7 Å². The lowest BCUT2D eigenvalue weighted by Crippen LogP contribution is -2.11. The van der Waals surface area contributed by atoms with Gasteiger partial charge in [0.15, 0.2) is 0 Å². The fourth-order valence-electron chi connectivity index (χ4n) is 3.70. The smallest absolute Gasteiger partial charge is 0.132 e. The van der Waals surface area contributed by atoms with Gasteiger partial charge < -0.3 is 21.2 Å². The number of thioether (sulfide) groups is 1. The highest BCUT2D eigenvalue weighted by molar-refractivity contribution is 7.98. The number of ether oxygens (including phenoxy) is 1. The van der Waals surface area contributed by atoms with E-state index in [4.69, 9.17) is 22.2 Å². The molecular weight excluding hydrogens is 502 g/mol. The van der Waals surface area contributed by atoms with Crippen molar-refractivity contribution >= 4 is 46.3 Å². The van der Waals surface area contributed by atoms with Crippen molar-refractivity contribution in [1.82, 2.24) is 4.98 Å². The molecule has 0 aliphatic carbocycles. The largest absolute Gasteiger partial charge is 0.457 e. The summed E-state index contributed by atoms with van der Waals surface area (Å²) < 4.78 is 6.02. The first-order valence-corrected chi connectivity index (χ1v) is 13.4. The maximum atomic E-state index is 6.05. The molecule has 0 fully saturated rings. The molecule has 1 aromatic heterocycles. The van der Waals surface area contributed by atoms with E-state index in [2.05, 4.69) is 33.6 Å². The van der Waals surface area contributed by atoms with Gasteiger partial charge >= 0.3 is 0 Å². The Bertz CT molecular complexity index is 1370. The van der Waals surface area contributed by atoms with Gasteiger partial charge in [0.25, 0.3) is 0 Å². The van der Waals surface area contributed by atoms with E-state index in [-0.39, 0.29) is 0 Å². The molecule has 0 amide bonds. The average Bonchev–Trinajstić information content (AvgIpc) is 2.92. The Morgan fingerprint density at radius 2 is 1.73 bits per heavy atom. The number of hydrogen-bond donors (Lipinski definition) is 3. The van der Waals surface area contributed by atoms with Gasteiger partial charge in [-0.1, -0.05) is 54.6 Å². The Labute approximate surface area is 226 Å². The van der Waals surface area contributed by atoms with Crippen molar-refractivity contribution in [3.63, 3.8) is 0 Å². The number of aromatic nitrogens is 1. The van der Waals surface area contributed by atoms with E-state index in [1.54, 1.807) is 18.0 Å². The maximum absolute atomic E-state index is 6.05. The lowest BCUT2D eigenvalue weighted by molar-refractivity contribution is 0.482. The molecule has 188 valence electrons. The molecule has 3 aromatic carbocycles. The monoisotopic (exact) mass is 529 g/mol. The van der Waals surface area contributed by atoms with Gasteiger partial charge in [-0.3, -0.25) is 0 Å². The normalized spacial score (nSPS) is 11.1. The molecule has 37 heavy (non-hydrogen) atoms. The van der Waals surface area contributed by atoms with Gasteiger partial charge in [-0.05, 0) is 48.7 Å². The highest BCUT2D eigenvalue weighted by Crippen LogP contribution is 2.27. The molecule has 0 aliphatic heterocycles. The molecule has 0 saturated heterocycles. The molecule has 0 unspecified atom stereocenters. The van der Waals surface area contributed by atoms with Gasteiger partial charge in [0.05, 0.1) is 5.71 Å². The Morgan fingerprint density at radius 1 is 1.00 bits per heavy atom. The van der Waals surface area contributed by atoms with Crippen LogP contribution in [-0.4, -0.2) is 29.2 Å². The summed E-state index contributed by atoms with van der Waals surface area (Å²) in [6.45, 7) is 5.11. The first-order chi connectivity index (χ1) is 18.1. The SMILES string of the molecule is C=C(Nc1ccc(Oc2ccnc(NCCSC)c2)cc1)c1ccccc1/C(=N\N)c1ccc(Cl)cc1. The van der Waals surface area contributed by atoms with Crippen LogP contribution in [0.5, 0.6) is 11.5 Å². The molecular formula is C29H28ClN5OS. The van der Waals surface area contributed by atoms with E-state index >= 15 is 0 Å². The lowest BCUT2D eigenvalue weighted by Gasteiger charge is -2.16. The number of pyridine rings is 1. The number of rotatable bonds is 11.